The maximum absolute atomic E-state index is 12.7. The second-order valence-corrected chi connectivity index (χ2v) is 5.80. The fourth-order valence-electron chi connectivity index (χ4n) is 2.38. The van der Waals surface area contributed by atoms with Crippen molar-refractivity contribution in [3.8, 4) is 0 Å². The smallest absolute Gasteiger partial charge is 0.383 e. The van der Waals surface area contributed by atoms with E-state index in [1.165, 1.54) is 6.07 Å². The number of hydrogen-bond donors (Lipinski definition) is 1. The summed E-state index contributed by atoms with van der Waals surface area (Å²) in [6.07, 6.45) is -3.57. The fraction of sp³-hybridized carbons (Fsp3) is 0.467. The summed E-state index contributed by atoms with van der Waals surface area (Å²) < 4.78 is 38.1. The number of amides is 2. The van der Waals surface area contributed by atoms with E-state index < -0.39 is 11.7 Å². The van der Waals surface area contributed by atoms with Crippen LogP contribution in [0.2, 0.25) is 5.02 Å². The van der Waals surface area contributed by atoms with Crippen LogP contribution in [-0.2, 0) is 15.8 Å². The van der Waals surface area contributed by atoms with Crippen LogP contribution in [0, 0.1) is 0 Å². The molecule has 0 radical (unpaired) electrons. The molecule has 0 aliphatic carbocycles. The zero-order chi connectivity index (χ0) is 17.7. The Morgan fingerprint density at radius 2 is 1.92 bits per heavy atom. The normalized spacial score (nSPS) is 15.3. The molecule has 0 spiro atoms. The van der Waals surface area contributed by atoms with Crippen LogP contribution in [0.5, 0.6) is 0 Å². The molecular formula is C15H17ClF3N3O2. The molecule has 5 nitrogen and oxygen atoms in total. The molecule has 132 valence electrons. The number of carbonyl (C=O) groups excluding carboxylic acids is 2. The highest BCUT2D eigenvalue weighted by molar-refractivity contribution is 6.33. The van der Waals surface area contributed by atoms with Crippen molar-refractivity contribution in [3.05, 3.63) is 28.8 Å². The fourth-order valence-corrected chi connectivity index (χ4v) is 2.56. The summed E-state index contributed by atoms with van der Waals surface area (Å²) in [7, 11) is 0. The lowest BCUT2D eigenvalue weighted by Gasteiger charge is -2.32. The highest BCUT2D eigenvalue weighted by Gasteiger charge is 2.31. The molecule has 2 rings (SSSR count). The van der Waals surface area contributed by atoms with Gasteiger partial charge in [-0.15, -0.1) is 0 Å². The first-order chi connectivity index (χ1) is 11.3. The van der Waals surface area contributed by atoms with Gasteiger partial charge < -0.3 is 15.1 Å². The highest BCUT2D eigenvalue weighted by Crippen LogP contribution is 2.33. The van der Waals surface area contributed by atoms with Gasteiger partial charge in [-0.3, -0.25) is 9.59 Å². The Labute approximate surface area is 142 Å². The minimum absolute atomic E-state index is 0.115. The van der Waals surface area contributed by atoms with Crippen LogP contribution in [0.15, 0.2) is 18.2 Å². The summed E-state index contributed by atoms with van der Waals surface area (Å²) in [6, 6.07) is 3.01. The van der Waals surface area contributed by atoms with Crippen molar-refractivity contribution in [1.82, 2.24) is 9.80 Å². The number of benzene rings is 1. The maximum Gasteiger partial charge on any atom is 0.416 e. The SMILES string of the molecule is O=CN1CCN(C(=O)CCNc2cc(C(F)(F)F)ccc2Cl)CC1. The van der Waals surface area contributed by atoms with Crippen LogP contribution in [0.3, 0.4) is 0 Å². The van der Waals surface area contributed by atoms with E-state index in [1.807, 2.05) is 0 Å². The van der Waals surface area contributed by atoms with Gasteiger partial charge in [0, 0.05) is 39.1 Å². The molecule has 1 heterocycles. The van der Waals surface area contributed by atoms with E-state index in [0.717, 1.165) is 18.5 Å². The summed E-state index contributed by atoms with van der Waals surface area (Å²) >= 11 is 5.88. The largest absolute Gasteiger partial charge is 0.416 e. The monoisotopic (exact) mass is 363 g/mol. The van der Waals surface area contributed by atoms with Gasteiger partial charge in [-0.2, -0.15) is 13.2 Å². The molecule has 1 fully saturated rings. The Morgan fingerprint density at radius 3 is 2.50 bits per heavy atom. The van der Waals surface area contributed by atoms with Crippen LogP contribution < -0.4 is 5.32 Å². The molecule has 0 bridgehead atoms. The first kappa shape index (κ1) is 18.4. The first-order valence-corrected chi connectivity index (χ1v) is 7.77. The molecule has 1 N–H and O–H groups in total. The minimum atomic E-state index is -4.45. The molecule has 1 aliphatic rings. The molecule has 1 saturated heterocycles. The molecule has 24 heavy (non-hydrogen) atoms. The number of nitrogens with zero attached hydrogens (tertiary/aromatic N) is 2. The van der Waals surface area contributed by atoms with E-state index in [2.05, 4.69) is 5.32 Å². The average molecular weight is 364 g/mol. The van der Waals surface area contributed by atoms with Crippen LogP contribution in [0.4, 0.5) is 18.9 Å². The van der Waals surface area contributed by atoms with E-state index in [4.69, 9.17) is 11.6 Å². The first-order valence-electron chi connectivity index (χ1n) is 7.39. The molecule has 0 saturated carbocycles. The Balaban J connectivity index is 1.86. The van der Waals surface area contributed by atoms with Gasteiger partial charge in [0.15, 0.2) is 0 Å². The van der Waals surface area contributed by atoms with E-state index in [1.54, 1.807) is 9.80 Å². The second kappa shape index (κ2) is 7.74. The molecule has 1 aromatic carbocycles. The van der Waals surface area contributed by atoms with Crippen molar-refractivity contribution < 1.29 is 22.8 Å². The molecule has 2 amide bonds. The van der Waals surface area contributed by atoms with Gasteiger partial charge in [-0.1, -0.05) is 11.6 Å². The van der Waals surface area contributed by atoms with Crippen molar-refractivity contribution in [2.24, 2.45) is 0 Å². The third-order valence-electron chi connectivity index (χ3n) is 3.76. The standard InChI is InChI=1S/C15H17ClF3N3O2/c16-12-2-1-11(15(17,18)19)9-13(12)20-4-3-14(24)22-7-5-21(10-23)6-8-22/h1-2,9-10,20H,3-8H2. The van der Waals surface area contributed by atoms with Gasteiger partial charge in [0.2, 0.25) is 12.3 Å². The lowest BCUT2D eigenvalue weighted by Crippen LogP contribution is -2.48. The predicted molar refractivity (Wildman–Crippen MR) is 83.8 cm³/mol. The summed E-state index contributed by atoms with van der Waals surface area (Å²) in [5, 5.41) is 2.93. The Bertz CT molecular complexity index is 602. The molecule has 1 aromatic rings. The number of alkyl halides is 3. The zero-order valence-electron chi connectivity index (χ0n) is 12.8. The topological polar surface area (TPSA) is 52.7 Å². The van der Waals surface area contributed by atoms with E-state index >= 15 is 0 Å². The lowest BCUT2D eigenvalue weighted by molar-refractivity contribution is -0.137. The highest BCUT2D eigenvalue weighted by atomic mass is 35.5. The number of carbonyl (C=O) groups is 2. The summed E-state index contributed by atoms with van der Waals surface area (Å²) in [4.78, 5) is 25.9. The van der Waals surface area contributed by atoms with Crippen molar-refractivity contribution in [2.75, 3.05) is 38.0 Å². The van der Waals surface area contributed by atoms with E-state index in [9.17, 15) is 22.8 Å². The number of hydrogen-bond acceptors (Lipinski definition) is 3. The third kappa shape index (κ3) is 4.77. The number of halogens is 4. The van der Waals surface area contributed by atoms with Gasteiger partial charge in [0.1, 0.15) is 0 Å². The van der Waals surface area contributed by atoms with Gasteiger partial charge in [-0.25, -0.2) is 0 Å². The van der Waals surface area contributed by atoms with Gasteiger partial charge >= 0.3 is 6.18 Å². The van der Waals surface area contributed by atoms with Gasteiger partial charge in [0.05, 0.1) is 16.3 Å². The summed E-state index contributed by atoms with van der Waals surface area (Å²) in [5.41, 5.74) is -0.657. The third-order valence-corrected chi connectivity index (χ3v) is 4.09. The van der Waals surface area contributed by atoms with Gasteiger partial charge in [-0.05, 0) is 18.2 Å². The van der Waals surface area contributed by atoms with Crippen LogP contribution in [0.1, 0.15) is 12.0 Å². The number of anilines is 1. The quantitative estimate of drug-likeness (QED) is 0.818. The number of rotatable bonds is 5. The molecule has 0 aromatic heterocycles. The Morgan fingerprint density at radius 1 is 1.25 bits per heavy atom. The summed E-state index contributed by atoms with van der Waals surface area (Å²) in [6.45, 7) is 2.07. The van der Waals surface area contributed by atoms with Crippen molar-refractivity contribution in [1.29, 1.82) is 0 Å². The Kier molecular flexibility index (Phi) is 5.93. The van der Waals surface area contributed by atoms with Crippen LogP contribution >= 0.6 is 11.6 Å². The molecular weight excluding hydrogens is 347 g/mol. The van der Waals surface area contributed by atoms with Gasteiger partial charge in [0.25, 0.3) is 0 Å². The lowest BCUT2D eigenvalue weighted by atomic mass is 10.2. The number of piperazine rings is 1. The second-order valence-electron chi connectivity index (χ2n) is 5.39. The Hall–Kier alpha value is -1.96. The summed E-state index contributed by atoms with van der Waals surface area (Å²) in [5.74, 6) is -0.115. The predicted octanol–water partition coefficient (Wildman–Crippen LogP) is 2.46. The van der Waals surface area contributed by atoms with Crippen LogP contribution in [0.25, 0.3) is 0 Å². The van der Waals surface area contributed by atoms with Crippen molar-refractivity contribution in [2.45, 2.75) is 12.6 Å². The molecule has 0 unspecified atom stereocenters. The average Bonchev–Trinajstić information content (AvgIpc) is 2.55. The zero-order valence-corrected chi connectivity index (χ0v) is 13.5. The molecule has 0 atom stereocenters. The number of nitrogens with one attached hydrogen (secondary N) is 1. The maximum atomic E-state index is 12.7. The van der Waals surface area contributed by atoms with E-state index in [-0.39, 0.29) is 29.6 Å². The minimum Gasteiger partial charge on any atom is -0.383 e. The van der Waals surface area contributed by atoms with E-state index in [0.29, 0.717) is 26.2 Å². The molecule has 9 heteroatoms. The van der Waals surface area contributed by atoms with Crippen molar-refractivity contribution >= 4 is 29.6 Å². The van der Waals surface area contributed by atoms with Crippen LogP contribution in [-0.4, -0.2) is 54.8 Å². The molecule has 1 aliphatic heterocycles. The van der Waals surface area contributed by atoms with Crippen molar-refractivity contribution in [3.63, 3.8) is 0 Å².